The van der Waals surface area contributed by atoms with Gasteiger partial charge in [0.1, 0.15) is 0 Å². The van der Waals surface area contributed by atoms with E-state index in [2.05, 4.69) is 5.32 Å². The third-order valence-electron chi connectivity index (χ3n) is 3.04. The molecule has 0 bridgehead atoms. The van der Waals surface area contributed by atoms with Gasteiger partial charge in [-0.15, -0.1) is 0 Å². The molecule has 2 N–H and O–H groups in total. The second-order valence-corrected chi connectivity index (χ2v) is 4.38. The summed E-state index contributed by atoms with van der Waals surface area (Å²) in [6.45, 7) is 0. The van der Waals surface area contributed by atoms with Crippen LogP contribution in [0.4, 0.5) is 5.69 Å². The molecule has 0 aromatic heterocycles. The van der Waals surface area contributed by atoms with Crippen LogP contribution >= 0.6 is 0 Å². The average Bonchev–Trinajstić information content (AvgIpc) is 2.54. The lowest BCUT2D eigenvalue weighted by atomic mass is 10.1. The van der Waals surface area contributed by atoms with E-state index in [4.69, 9.17) is 9.47 Å². The van der Waals surface area contributed by atoms with Crippen molar-refractivity contribution in [2.24, 2.45) is 0 Å². The van der Waals surface area contributed by atoms with Gasteiger partial charge in [-0.25, -0.2) is 4.79 Å². The molecular formula is C16H15NO5. The fourth-order valence-electron chi connectivity index (χ4n) is 1.94. The number of rotatable bonds is 5. The first-order valence-electron chi connectivity index (χ1n) is 6.42. The van der Waals surface area contributed by atoms with Crippen molar-refractivity contribution in [3.8, 4) is 11.5 Å². The first kappa shape index (κ1) is 15.4. The van der Waals surface area contributed by atoms with E-state index in [9.17, 15) is 14.7 Å². The molecule has 0 saturated heterocycles. The van der Waals surface area contributed by atoms with Gasteiger partial charge in [-0.1, -0.05) is 18.2 Å². The molecule has 0 spiro atoms. The minimum absolute atomic E-state index is 0.0815. The van der Waals surface area contributed by atoms with E-state index in [1.165, 1.54) is 26.4 Å². The molecule has 0 unspecified atom stereocenters. The van der Waals surface area contributed by atoms with Gasteiger partial charge in [-0.2, -0.15) is 0 Å². The number of carboxylic acids is 1. The van der Waals surface area contributed by atoms with Crippen molar-refractivity contribution in [3.63, 3.8) is 0 Å². The highest BCUT2D eigenvalue weighted by Crippen LogP contribution is 2.33. The Kier molecular flexibility index (Phi) is 4.63. The van der Waals surface area contributed by atoms with Crippen molar-refractivity contribution in [1.29, 1.82) is 0 Å². The van der Waals surface area contributed by atoms with Crippen LogP contribution in [-0.2, 0) is 0 Å². The van der Waals surface area contributed by atoms with Gasteiger partial charge in [0.25, 0.3) is 5.91 Å². The summed E-state index contributed by atoms with van der Waals surface area (Å²) in [4.78, 5) is 23.5. The largest absolute Gasteiger partial charge is 0.493 e. The van der Waals surface area contributed by atoms with Gasteiger partial charge < -0.3 is 19.9 Å². The quantitative estimate of drug-likeness (QED) is 0.887. The van der Waals surface area contributed by atoms with Crippen LogP contribution in [0.25, 0.3) is 0 Å². The Morgan fingerprint density at radius 2 is 1.59 bits per heavy atom. The van der Waals surface area contributed by atoms with Gasteiger partial charge in [0.2, 0.25) is 0 Å². The summed E-state index contributed by atoms with van der Waals surface area (Å²) in [5, 5.41) is 11.9. The predicted octanol–water partition coefficient (Wildman–Crippen LogP) is 2.65. The van der Waals surface area contributed by atoms with Gasteiger partial charge in [0, 0.05) is 17.7 Å². The number of amides is 1. The van der Waals surface area contributed by atoms with Crippen LogP contribution in [0.5, 0.6) is 11.5 Å². The van der Waals surface area contributed by atoms with Crippen molar-refractivity contribution in [2.45, 2.75) is 0 Å². The first-order chi connectivity index (χ1) is 10.6. The van der Waals surface area contributed by atoms with E-state index in [1.807, 2.05) is 0 Å². The summed E-state index contributed by atoms with van der Waals surface area (Å²) in [7, 11) is 2.84. The molecule has 114 valence electrons. The molecule has 0 aliphatic carbocycles. The number of benzene rings is 2. The topological polar surface area (TPSA) is 84.9 Å². The van der Waals surface area contributed by atoms with E-state index >= 15 is 0 Å². The molecular weight excluding hydrogens is 286 g/mol. The molecule has 2 aromatic carbocycles. The molecule has 0 aliphatic rings. The Morgan fingerprint density at radius 3 is 2.14 bits per heavy atom. The van der Waals surface area contributed by atoms with Crippen molar-refractivity contribution >= 4 is 17.6 Å². The van der Waals surface area contributed by atoms with Gasteiger partial charge in [-0.05, 0) is 12.1 Å². The van der Waals surface area contributed by atoms with Crippen LogP contribution in [0.1, 0.15) is 20.7 Å². The summed E-state index contributed by atoms with van der Waals surface area (Å²) in [6, 6.07) is 11.2. The van der Waals surface area contributed by atoms with Gasteiger partial charge in [0.05, 0.1) is 25.5 Å². The molecule has 1 amide bonds. The number of nitrogens with one attached hydrogen (secondary N) is 1. The Labute approximate surface area is 127 Å². The second-order valence-electron chi connectivity index (χ2n) is 4.38. The number of anilines is 1. The number of methoxy groups -OCH3 is 2. The lowest BCUT2D eigenvalue weighted by Gasteiger charge is -2.13. The number of carbonyl (C=O) groups excluding carboxylic acids is 1. The molecule has 2 rings (SSSR count). The van der Waals surface area contributed by atoms with Crippen molar-refractivity contribution in [2.75, 3.05) is 19.5 Å². The third-order valence-corrected chi connectivity index (χ3v) is 3.04. The Bertz CT molecular complexity index is 697. The molecule has 6 nitrogen and oxygen atoms in total. The molecule has 0 fully saturated rings. The molecule has 2 aromatic rings. The molecule has 0 heterocycles. The van der Waals surface area contributed by atoms with Gasteiger partial charge in [0.15, 0.2) is 11.5 Å². The van der Waals surface area contributed by atoms with E-state index < -0.39 is 11.9 Å². The van der Waals surface area contributed by atoms with Gasteiger partial charge >= 0.3 is 5.97 Å². The maximum Gasteiger partial charge on any atom is 0.337 e. The first-order valence-corrected chi connectivity index (χ1v) is 6.42. The Balaban J connectivity index is 2.41. The fraction of sp³-hybridized carbons (Fsp3) is 0.125. The highest BCUT2D eigenvalue weighted by Gasteiger charge is 2.18. The van der Waals surface area contributed by atoms with Crippen molar-refractivity contribution < 1.29 is 24.2 Å². The van der Waals surface area contributed by atoms with Crippen LogP contribution in [-0.4, -0.2) is 31.2 Å². The normalized spacial score (nSPS) is 9.91. The summed E-state index contributed by atoms with van der Waals surface area (Å²) < 4.78 is 10.2. The van der Waals surface area contributed by atoms with E-state index in [0.717, 1.165) is 0 Å². The minimum atomic E-state index is -1.18. The molecule has 0 atom stereocenters. The number of ether oxygens (including phenoxy) is 2. The average molecular weight is 301 g/mol. The predicted molar refractivity (Wildman–Crippen MR) is 80.9 cm³/mol. The summed E-state index contributed by atoms with van der Waals surface area (Å²) >= 11 is 0. The van der Waals surface area contributed by atoms with Crippen molar-refractivity contribution in [1.82, 2.24) is 0 Å². The highest BCUT2D eigenvalue weighted by molar-refractivity contribution is 6.08. The SMILES string of the molecule is COc1cc(NC(=O)c2ccccc2)c(C(=O)O)cc1OC. The zero-order valence-electron chi connectivity index (χ0n) is 12.1. The maximum atomic E-state index is 12.2. The number of aromatic carboxylic acids is 1. The number of carboxylic acid groups (broad SMARTS) is 1. The van der Waals surface area contributed by atoms with Crippen LogP contribution < -0.4 is 14.8 Å². The van der Waals surface area contributed by atoms with Crippen LogP contribution in [0.3, 0.4) is 0 Å². The lowest BCUT2D eigenvalue weighted by molar-refractivity contribution is 0.0697. The van der Waals surface area contributed by atoms with Gasteiger partial charge in [-0.3, -0.25) is 4.79 Å². The Morgan fingerprint density at radius 1 is 1.00 bits per heavy atom. The maximum absolute atomic E-state index is 12.2. The Hall–Kier alpha value is -3.02. The summed E-state index contributed by atoms with van der Waals surface area (Å²) in [6.07, 6.45) is 0. The van der Waals surface area contributed by atoms with Crippen molar-refractivity contribution in [3.05, 3.63) is 53.6 Å². The van der Waals surface area contributed by atoms with Crippen LogP contribution in [0.15, 0.2) is 42.5 Å². The second kappa shape index (κ2) is 6.62. The fourth-order valence-corrected chi connectivity index (χ4v) is 1.94. The summed E-state index contributed by atoms with van der Waals surface area (Å²) in [5.41, 5.74) is 0.481. The zero-order chi connectivity index (χ0) is 16.1. The van der Waals surface area contributed by atoms with Crippen LogP contribution in [0, 0.1) is 0 Å². The molecule has 22 heavy (non-hydrogen) atoms. The smallest absolute Gasteiger partial charge is 0.337 e. The molecule has 6 heteroatoms. The van der Waals surface area contributed by atoms with E-state index in [0.29, 0.717) is 11.3 Å². The van der Waals surface area contributed by atoms with E-state index in [-0.39, 0.29) is 17.0 Å². The third kappa shape index (κ3) is 3.17. The number of carbonyl (C=O) groups is 2. The van der Waals surface area contributed by atoms with E-state index in [1.54, 1.807) is 30.3 Å². The molecule has 0 aliphatic heterocycles. The van der Waals surface area contributed by atoms with Crippen LogP contribution in [0.2, 0.25) is 0 Å². The lowest BCUT2D eigenvalue weighted by Crippen LogP contribution is -2.15. The number of hydrogen-bond donors (Lipinski definition) is 2. The summed E-state index contributed by atoms with van der Waals surface area (Å²) in [5.74, 6) is -0.979. The molecule has 0 radical (unpaired) electrons. The minimum Gasteiger partial charge on any atom is -0.493 e. The zero-order valence-corrected chi connectivity index (χ0v) is 12.1. The number of hydrogen-bond acceptors (Lipinski definition) is 4. The monoisotopic (exact) mass is 301 g/mol. The standard InChI is InChI=1S/C16H15NO5/c1-21-13-8-11(16(19)20)12(9-14(13)22-2)17-15(18)10-6-4-3-5-7-10/h3-9H,1-2H3,(H,17,18)(H,19,20). The highest BCUT2D eigenvalue weighted by atomic mass is 16.5. The molecule has 0 saturated carbocycles.